The van der Waals surface area contributed by atoms with Gasteiger partial charge in [0.25, 0.3) is 10.0 Å². The van der Waals surface area contributed by atoms with Crippen LogP contribution in [0.5, 0.6) is 11.5 Å². The average molecular weight is 594 g/mol. The first-order valence-corrected chi connectivity index (χ1v) is 15.5. The van der Waals surface area contributed by atoms with Crippen molar-refractivity contribution in [2.24, 2.45) is 0 Å². The Kier molecular flexibility index (Phi) is 10.1. The number of carbonyl (C=O) groups is 2. The second kappa shape index (κ2) is 13.7. The van der Waals surface area contributed by atoms with E-state index in [0.29, 0.717) is 5.75 Å². The molecule has 1 atom stereocenters. The standard InChI is InChI=1S/C32H39N3O6S/c1-23-12-8-9-13-25(23)21-34(24(2)32(37)33-26-14-10-11-15-26)31(36)22-35(42(38,39)28-16-6-5-7-17-28)29-20-27(40-3)18-19-30(29)41-4/h5-9,12-13,16-20,24,26H,10-11,14-15,21-22H2,1-4H3,(H,33,37)/t24-/m0/s1. The van der Waals surface area contributed by atoms with Crippen LogP contribution in [0, 0.1) is 6.92 Å². The number of aryl methyl sites for hydroxylation is 1. The van der Waals surface area contributed by atoms with Gasteiger partial charge in [-0.25, -0.2) is 8.42 Å². The van der Waals surface area contributed by atoms with Gasteiger partial charge in [-0.3, -0.25) is 13.9 Å². The Balaban J connectivity index is 1.75. The van der Waals surface area contributed by atoms with Crippen LogP contribution in [-0.4, -0.2) is 58.0 Å². The highest BCUT2D eigenvalue weighted by atomic mass is 32.2. The largest absolute Gasteiger partial charge is 0.497 e. The normalized spacial score (nSPS) is 14.2. The molecule has 1 aliphatic rings. The fraction of sp³-hybridized carbons (Fsp3) is 0.375. The molecule has 0 aromatic heterocycles. The van der Waals surface area contributed by atoms with Crippen molar-refractivity contribution in [1.82, 2.24) is 10.2 Å². The molecule has 42 heavy (non-hydrogen) atoms. The summed E-state index contributed by atoms with van der Waals surface area (Å²) < 4.78 is 40.1. The van der Waals surface area contributed by atoms with E-state index in [0.717, 1.165) is 41.1 Å². The van der Waals surface area contributed by atoms with Crippen LogP contribution < -0.4 is 19.1 Å². The van der Waals surface area contributed by atoms with Gasteiger partial charge in [-0.2, -0.15) is 0 Å². The molecule has 1 fully saturated rings. The Morgan fingerprint density at radius 2 is 1.62 bits per heavy atom. The van der Waals surface area contributed by atoms with Crippen molar-refractivity contribution >= 4 is 27.5 Å². The Hall–Kier alpha value is -4.05. The average Bonchev–Trinajstić information content (AvgIpc) is 3.52. The van der Waals surface area contributed by atoms with Crippen LogP contribution in [0.15, 0.2) is 77.7 Å². The quantitative estimate of drug-likeness (QED) is 0.327. The van der Waals surface area contributed by atoms with Crippen LogP contribution in [0.1, 0.15) is 43.7 Å². The number of methoxy groups -OCH3 is 2. The molecule has 224 valence electrons. The zero-order valence-electron chi connectivity index (χ0n) is 24.6. The van der Waals surface area contributed by atoms with Crippen molar-refractivity contribution < 1.29 is 27.5 Å². The van der Waals surface area contributed by atoms with Gasteiger partial charge >= 0.3 is 0 Å². The Morgan fingerprint density at radius 1 is 0.952 bits per heavy atom. The molecule has 1 N–H and O–H groups in total. The second-order valence-corrected chi connectivity index (χ2v) is 12.3. The Labute approximate surface area is 248 Å². The highest BCUT2D eigenvalue weighted by Crippen LogP contribution is 2.36. The van der Waals surface area contributed by atoms with Crippen LogP contribution in [-0.2, 0) is 26.2 Å². The Morgan fingerprint density at radius 3 is 2.26 bits per heavy atom. The minimum absolute atomic E-state index is 0.0140. The molecular formula is C32H39N3O6S. The lowest BCUT2D eigenvalue weighted by molar-refractivity contribution is -0.139. The van der Waals surface area contributed by atoms with Crippen LogP contribution in [0.25, 0.3) is 0 Å². The van der Waals surface area contributed by atoms with Crippen molar-refractivity contribution in [3.8, 4) is 11.5 Å². The number of anilines is 1. The number of ether oxygens (including phenoxy) is 2. The van der Waals surface area contributed by atoms with E-state index >= 15 is 0 Å². The minimum Gasteiger partial charge on any atom is -0.497 e. The predicted octanol–water partition coefficient (Wildman–Crippen LogP) is 4.68. The van der Waals surface area contributed by atoms with Gasteiger partial charge < -0.3 is 19.7 Å². The number of nitrogens with zero attached hydrogens (tertiary/aromatic N) is 2. The molecular weight excluding hydrogens is 554 g/mol. The molecule has 0 aliphatic heterocycles. The van der Waals surface area contributed by atoms with Crippen LogP contribution in [0.4, 0.5) is 5.69 Å². The second-order valence-electron chi connectivity index (χ2n) is 10.5. The summed E-state index contributed by atoms with van der Waals surface area (Å²) in [4.78, 5) is 29.1. The molecule has 3 aromatic rings. The van der Waals surface area contributed by atoms with Gasteiger partial charge in [-0.1, -0.05) is 55.3 Å². The molecule has 0 heterocycles. The molecule has 2 amide bonds. The molecule has 1 saturated carbocycles. The van der Waals surface area contributed by atoms with Crippen LogP contribution in [0.3, 0.4) is 0 Å². The number of hydrogen-bond acceptors (Lipinski definition) is 6. The zero-order valence-corrected chi connectivity index (χ0v) is 25.4. The first-order chi connectivity index (χ1) is 20.1. The lowest BCUT2D eigenvalue weighted by atomic mass is 10.1. The fourth-order valence-corrected chi connectivity index (χ4v) is 6.61. The maximum Gasteiger partial charge on any atom is 0.264 e. The van der Waals surface area contributed by atoms with E-state index in [1.165, 1.54) is 37.3 Å². The van der Waals surface area contributed by atoms with Gasteiger partial charge in [0.2, 0.25) is 11.8 Å². The molecule has 0 radical (unpaired) electrons. The van der Waals surface area contributed by atoms with Crippen molar-refractivity contribution in [3.05, 3.63) is 83.9 Å². The van der Waals surface area contributed by atoms with E-state index in [2.05, 4.69) is 5.32 Å². The number of nitrogens with one attached hydrogen (secondary N) is 1. The molecule has 10 heteroatoms. The van der Waals surface area contributed by atoms with Gasteiger partial charge in [-0.05, 0) is 62.1 Å². The summed E-state index contributed by atoms with van der Waals surface area (Å²) in [7, 11) is -1.33. The molecule has 3 aromatic carbocycles. The zero-order chi connectivity index (χ0) is 30.3. The molecule has 0 spiro atoms. The number of benzene rings is 3. The van der Waals surface area contributed by atoms with E-state index in [1.54, 1.807) is 37.3 Å². The van der Waals surface area contributed by atoms with Gasteiger partial charge in [0.1, 0.15) is 24.1 Å². The Bertz CT molecular complexity index is 1490. The van der Waals surface area contributed by atoms with Crippen molar-refractivity contribution in [2.45, 2.75) is 63.1 Å². The first-order valence-electron chi connectivity index (χ1n) is 14.1. The van der Waals surface area contributed by atoms with Crippen LogP contribution in [0.2, 0.25) is 0 Å². The van der Waals surface area contributed by atoms with Gasteiger partial charge in [-0.15, -0.1) is 0 Å². The monoisotopic (exact) mass is 593 g/mol. The highest BCUT2D eigenvalue weighted by molar-refractivity contribution is 7.92. The molecule has 0 bridgehead atoms. The van der Waals surface area contributed by atoms with Crippen molar-refractivity contribution in [1.29, 1.82) is 0 Å². The number of amides is 2. The van der Waals surface area contributed by atoms with E-state index in [-0.39, 0.29) is 34.8 Å². The number of carbonyl (C=O) groups excluding carboxylic acids is 2. The molecule has 1 aliphatic carbocycles. The summed E-state index contributed by atoms with van der Waals surface area (Å²) in [6.45, 7) is 3.20. The third-order valence-electron chi connectivity index (χ3n) is 7.74. The van der Waals surface area contributed by atoms with Crippen LogP contribution >= 0.6 is 0 Å². The van der Waals surface area contributed by atoms with Gasteiger partial charge in [0.15, 0.2) is 0 Å². The lowest BCUT2D eigenvalue weighted by Gasteiger charge is -2.33. The topological polar surface area (TPSA) is 105 Å². The van der Waals surface area contributed by atoms with Gasteiger partial charge in [0, 0.05) is 18.7 Å². The van der Waals surface area contributed by atoms with E-state index < -0.39 is 28.5 Å². The number of sulfonamides is 1. The summed E-state index contributed by atoms with van der Waals surface area (Å²) in [5.41, 5.74) is 1.97. The summed E-state index contributed by atoms with van der Waals surface area (Å²) in [6.07, 6.45) is 3.92. The van der Waals surface area contributed by atoms with Crippen molar-refractivity contribution in [3.63, 3.8) is 0 Å². The third kappa shape index (κ3) is 7.05. The SMILES string of the molecule is COc1ccc(OC)c(N(CC(=O)N(Cc2ccccc2C)[C@@H](C)C(=O)NC2CCCC2)S(=O)(=O)c2ccccc2)c1. The first kappa shape index (κ1) is 30.9. The molecule has 4 rings (SSSR count). The maximum absolute atomic E-state index is 14.2. The van der Waals surface area contributed by atoms with E-state index in [9.17, 15) is 18.0 Å². The van der Waals surface area contributed by atoms with Crippen molar-refractivity contribution in [2.75, 3.05) is 25.1 Å². The summed E-state index contributed by atoms with van der Waals surface area (Å²) >= 11 is 0. The maximum atomic E-state index is 14.2. The number of rotatable bonds is 12. The highest BCUT2D eigenvalue weighted by Gasteiger charge is 2.34. The predicted molar refractivity (Wildman–Crippen MR) is 162 cm³/mol. The summed E-state index contributed by atoms with van der Waals surface area (Å²) in [5, 5.41) is 3.09. The number of hydrogen-bond donors (Lipinski definition) is 1. The molecule has 0 unspecified atom stereocenters. The van der Waals surface area contributed by atoms with E-state index in [1.807, 2.05) is 31.2 Å². The summed E-state index contributed by atoms with van der Waals surface area (Å²) in [6, 6.07) is 19.5. The summed E-state index contributed by atoms with van der Waals surface area (Å²) in [5.74, 6) is -0.148. The van der Waals surface area contributed by atoms with E-state index in [4.69, 9.17) is 9.47 Å². The third-order valence-corrected chi connectivity index (χ3v) is 9.51. The lowest BCUT2D eigenvalue weighted by Crippen LogP contribution is -2.52. The fourth-order valence-electron chi connectivity index (χ4n) is 5.17. The van der Waals surface area contributed by atoms with Gasteiger partial charge in [0.05, 0.1) is 24.8 Å². The molecule has 0 saturated heterocycles. The minimum atomic E-state index is -4.24. The molecule has 9 nitrogen and oxygen atoms in total. The smallest absolute Gasteiger partial charge is 0.264 e.